The summed E-state index contributed by atoms with van der Waals surface area (Å²) in [5.74, 6) is 1.03. The molecule has 0 saturated carbocycles. The van der Waals surface area contributed by atoms with E-state index in [0.717, 1.165) is 35.4 Å². The molecule has 3 heterocycles. The van der Waals surface area contributed by atoms with Crippen molar-refractivity contribution in [2.24, 2.45) is 0 Å². The van der Waals surface area contributed by atoms with Gasteiger partial charge in [-0.25, -0.2) is 9.97 Å². The molecule has 1 aromatic carbocycles. The van der Waals surface area contributed by atoms with E-state index in [-0.39, 0.29) is 6.61 Å². The molecule has 1 aliphatic heterocycles. The Balaban J connectivity index is 1.87. The summed E-state index contributed by atoms with van der Waals surface area (Å²) in [6.07, 6.45) is 6.01. The summed E-state index contributed by atoms with van der Waals surface area (Å²) in [5, 5.41) is 12.9. The summed E-state index contributed by atoms with van der Waals surface area (Å²) in [5.41, 5.74) is 5.05. The zero-order valence-electron chi connectivity index (χ0n) is 15.4. The van der Waals surface area contributed by atoms with Gasteiger partial charge in [0.2, 0.25) is 0 Å². The molecule has 3 aromatic rings. The largest absolute Gasteiger partial charge is 0.396 e. The first kappa shape index (κ1) is 17.4. The maximum absolute atomic E-state index is 9.49. The molecule has 1 fully saturated rings. The van der Waals surface area contributed by atoms with Crippen LogP contribution in [0.4, 0.5) is 5.82 Å². The number of rotatable bonds is 4. The standard InChI is InChI=1S/C21H25N3OS/c1-14-6-7-17(15(2)11-14)18-12-26-21-19(18)20(22-13-23-21)24-9-4-3-5-16(24)8-10-25/h6-7,11-13,16,25H,3-5,8-10H2,1-2H3. The van der Waals surface area contributed by atoms with Crippen LogP contribution in [0.25, 0.3) is 21.3 Å². The number of aromatic nitrogens is 2. The van der Waals surface area contributed by atoms with Crippen molar-refractivity contribution in [3.05, 3.63) is 41.0 Å². The molecule has 26 heavy (non-hydrogen) atoms. The number of fused-ring (bicyclic) bond motifs is 1. The molecule has 4 nitrogen and oxygen atoms in total. The van der Waals surface area contributed by atoms with Gasteiger partial charge in [-0.3, -0.25) is 0 Å². The van der Waals surface area contributed by atoms with Gasteiger partial charge in [0.1, 0.15) is 17.0 Å². The SMILES string of the molecule is Cc1ccc(-c2csc3ncnc(N4CCCCC4CCO)c23)c(C)c1. The average Bonchev–Trinajstić information content (AvgIpc) is 3.07. The van der Waals surface area contributed by atoms with Gasteiger partial charge in [-0.15, -0.1) is 11.3 Å². The minimum atomic E-state index is 0.225. The number of aliphatic hydroxyl groups excluding tert-OH is 1. The van der Waals surface area contributed by atoms with Crippen molar-refractivity contribution >= 4 is 27.4 Å². The minimum Gasteiger partial charge on any atom is -0.396 e. The van der Waals surface area contributed by atoms with Crippen molar-refractivity contribution < 1.29 is 5.11 Å². The number of aliphatic hydroxyl groups is 1. The van der Waals surface area contributed by atoms with Gasteiger partial charge < -0.3 is 10.0 Å². The van der Waals surface area contributed by atoms with Crippen molar-refractivity contribution in [3.8, 4) is 11.1 Å². The van der Waals surface area contributed by atoms with Gasteiger partial charge in [-0.05, 0) is 50.7 Å². The second-order valence-corrected chi connectivity index (χ2v) is 8.06. The number of benzene rings is 1. The number of hydrogen-bond acceptors (Lipinski definition) is 5. The number of nitrogens with zero attached hydrogens (tertiary/aromatic N) is 3. The summed E-state index contributed by atoms with van der Waals surface area (Å²) in [7, 11) is 0. The van der Waals surface area contributed by atoms with Crippen LogP contribution in [-0.4, -0.2) is 34.3 Å². The van der Waals surface area contributed by atoms with E-state index in [0.29, 0.717) is 6.04 Å². The van der Waals surface area contributed by atoms with Gasteiger partial charge in [0.25, 0.3) is 0 Å². The van der Waals surface area contributed by atoms with E-state index in [1.54, 1.807) is 17.7 Å². The van der Waals surface area contributed by atoms with Crippen molar-refractivity contribution in [2.45, 2.75) is 45.6 Å². The number of anilines is 1. The Bertz CT molecular complexity index is 919. The lowest BCUT2D eigenvalue weighted by atomic mass is 9.97. The van der Waals surface area contributed by atoms with E-state index >= 15 is 0 Å². The second kappa shape index (κ2) is 7.33. The predicted molar refractivity (Wildman–Crippen MR) is 109 cm³/mol. The first-order valence-electron chi connectivity index (χ1n) is 9.36. The number of hydrogen-bond donors (Lipinski definition) is 1. The molecule has 1 unspecified atom stereocenters. The molecular weight excluding hydrogens is 342 g/mol. The third-order valence-electron chi connectivity index (χ3n) is 5.38. The molecule has 0 aliphatic carbocycles. The van der Waals surface area contributed by atoms with Crippen LogP contribution >= 0.6 is 11.3 Å². The second-order valence-electron chi connectivity index (χ2n) is 7.20. The van der Waals surface area contributed by atoms with E-state index in [1.165, 1.54) is 35.1 Å². The van der Waals surface area contributed by atoms with Crippen LogP contribution in [0, 0.1) is 13.8 Å². The molecule has 4 rings (SSSR count). The minimum absolute atomic E-state index is 0.225. The lowest BCUT2D eigenvalue weighted by molar-refractivity contribution is 0.262. The quantitative estimate of drug-likeness (QED) is 0.725. The summed E-state index contributed by atoms with van der Waals surface area (Å²) in [6, 6.07) is 6.98. The Morgan fingerprint density at radius 3 is 2.88 bits per heavy atom. The molecule has 0 bridgehead atoms. The highest BCUT2D eigenvalue weighted by Gasteiger charge is 2.26. The first-order chi connectivity index (χ1) is 12.7. The highest BCUT2D eigenvalue weighted by Crippen LogP contribution is 2.40. The highest BCUT2D eigenvalue weighted by atomic mass is 32.1. The molecule has 0 radical (unpaired) electrons. The molecule has 1 saturated heterocycles. The molecule has 0 spiro atoms. The van der Waals surface area contributed by atoms with Gasteiger partial charge >= 0.3 is 0 Å². The van der Waals surface area contributed by atoms with Crippen LogP contribution in [-0.2, 0) is 0 Å². The van der Waals surface area contributed by atoms with Gasteiger partial charge in [-0.1, -0.05) is 23.8 Å². The van der Waals surface area contributed by atoms with Crippen LogP contribution in [0.1, 0.15) is 36.8 Å². The van der Waals surface area contributed by atoms with Crippen LogP contribution in [0.5, 0.6) is 0 Å². The zero-order valence-corrected chi connectivity index (χ0v) is 16.2. The first-order valence-corrected chi connectivity index (χ1v) is 10.2. The number of aryl methyl sites for hydroxylation is 2. The Morgan fingerprint density at radius 2 is 2.08 bits per heavy atom. The lowest BCUT2D eigenvalue weighted by Crippen LogP contribution is -2.40. The fourth-order valence-electron chi connectivity index (χ4n) is 4.12. The van der Waals surface area contributed by atoms with E-state index < -0.39 is 0 Å². The summed E-state index contributed by atoms with van der Waals surface area (Å²) >= 11 is 1.69. The smallest absolute Gasteiger partial charge is 0.141 e. The van der Waals surface area contributed by atoms with E-state index in [9.17, 15) is 5.11 Å². The summed E-state index contributed by atoms with van der Waals surface area (Å²) in [6.45, 7) is 5.52. The van der Waals surface area contributed by atoms with Crippen molar-refractivity contribution in [1.29, 1.82) is 0 Å². The maximum Gasteiger partial charge on any atom is 0.141 e. The van der Waals surface area contributed by atoms with Gasteiger partial charge in [0, 0.05) is 30.1 Å². The monoisotopic (exact) mass is 367 g/mol. The predicted octanol–water partition coefficient (Wildman–Crippen LogP) is 4.72. The maximum atomic E-state index is 9.49. The average molecular weight is 368 g/mol. The Kier molecular flexibility index (Phi) is 4.92. The van der Waals surface area contributed by atoms with E-state index in [1.807, 2.05) is 0 Å². The normalized spacial score (nSPS) is 17.8. The number of piperidine rings is 1. The molecule has 5 heteroatoms. The molecule has 2 aromatic heterocycles. The molecule has 136 valence electrons. The summed E-state index contributed by atoms with van der Waals surface area (Å²) < 4.78 is 0. The number of thiophene rings is 1. The topological polar surface area (TPSA) is 49.2 Å². The highest BCUT2D eigenvalue weighted by molar-refractivity contribution is 7.17. The van der Waals surface area contributed by atoms with Crippen LogP contribution in [0.15, 0.2) is 29.9 Å². The fraction of sp³-hybridized carbons (Fsp3) is 0.429. The van der Waals surface area contributed by atoms with Gasteiger partial charge in [0.05, 0.1) is 5.39 Å². The summed E-state index contributed by atoms with van der Waals surface area (Å²) in [4.78, 5) is 12.7. The van der Waals surface area contributed by atoms with E-state index in [4.69, 9.17) is 4.98 Å². The van der Waals surface area contributed by atoms with Gasteiger partial charge in [-0.2, -0.15) is 0 Å². The molecule has 1 N–H and O–H groups in total. The van der Waals surface area contributed by atoms with Crippen molar-refractivity contribution in [3.63, 3.8) is 0 Å². The van der Waals surface area contributed by atoms with Crippen LogP contribution in [0.3, 0.4) is 0 Å². The molecule has 1 aliphatic rings. The Morgan fingerprint density at radius 1 is 1.19 bits per heavy atom. The third kappa shape index (κ3) is 3.10. The third-order valence-corrected chi connectivity index (χ3v) is 6.27. The molecular formula is C21H25N3OS. The molecule has 0 amide bonds. The Labute approximate surface area is 158 Å². The van der Waals surface area contributed by atoms with Crippen molar-refractivity contribution in [2.75, 3.05) is 18.1 Å². The fourth-order valence-corrected chi connectivity index (χ4v) is 5.02. The van der Waals surface area contributed by atoms with E-state index in [2.05, 4.69) is 47.3 Å². The van der Waals surface area contributed by atoms with Gasteiger partial charge in [0.15, 0.2) is 0 Å². The van der Waals surface area contributed by atoms with Crippen molar-refractivity contribution in [1.82, 2.24) is 9.97 Å². The van der Waals surface area contributed by atoms with Crippen LogP contribution < -0.4 is 4.90 Å². The van der Waals surface area contributed by atoms with Crippen LogP contribution in [0.2, 0.25) is 0 Å². The zero-order chi connectivity index (χ0) is 18.1. The Hall–Kier alpha value is -1.98. The molecule has 1 atom stereocenters. The lowest BCUT2D eigenvalue weighted by Gasteiger charge is -2.37.